The van der Waals surface area contributed by atoms with Crippen LogP contribution in [-0.2, 0) is 9.47 Å². The molecule has 36 heavy (non-hydrogen) atoms. The molecule has 1 amide bonds. The predicted octanol–water partition coefficient (Wildman–Crippen LogP) is 1.25. The van der Waals surface area contributed by atoms with Gasteiger partial charge in [-0.3, -0.25) is 4.90 Å². The number of aliphatic hydroxyl groups excluding tert-OH is 1. The van der Waals surface area contributed by atoms with Crippen LogP contribution >= 0.6 is 0 Å². The molecule has 3 aliphatic heterocycles. The summed E-state index contributed by atoms with van der Waals surface area (Å²) in [5.41, 5.74) is 1.78. The maximum atomic E-state index is 12.0. The molecule has 2 unspecified atom stereocenters. The van der Waals surface area contributed by atoms with Gasteiger partial charge in [0.2, 0.25) is 0 Å². The minimum absolute atomic E-state index is 0.0180. The Bertz CT molecular complexity index is 1080. The van der Waals surface area contributed by atoms with Crippen molar-refractivity contribution in [1.82, 2.24) is 20.2 Å². The van der Waals surface area contributed by atoms with E-state index in [0.717, 1.165) is 35.8 Å². The normalized spacial score (nSPS) is 22.4. The molecule has 3 saturated heterocycles. The third-order valence-corrected chi connectivity index (χ3v) is 6.78. The molecule has 4 heterocycles. The maximum absolute atomic E-state index is 12.0. The molecule has 194 valence electrons. The summed E-state index contributed by atoms with van der Waals surface area (Å²) < 4.78 is 16.6. The number of amides is 1. The first kappa shape index (κ1) is 24.5. The second-order valence-corrected chi connectivity index (χ2v) is 9.47. The molecule has 3 aliphatic rings. The molecule has 2 aromatic rings. The zero-order valence-electron chi connectivity index (χ0n) is 20.8. The standard InChI is InChI=1S/C25H34N6O5/c1-16-22(27-18-6-9-34-13-18)28-23(17-4-3-5-21(10-17)35-15-20(32)11-26-2)29-24(16)30-7-8-31-19(12-30)14-36-25(31)33/h3-5,10,18-20,26,32H,6-9,11-15H2,1-2H3,(H,27,28,29)/t18?,19-,20?/m0/s1. The highest BCUT2D eigenvalue weighted by Gasteiger charge is 2.38. The zero-order chi connectivity index (χ0) is 25.1. The first-order valence-corrected chi connectivity index (χ1v) is 12.5. The highest BCUT2D eigenvalue weighted by Crippen LogP contribution is 2.32. The van der Waals surface area contributed by atoms with Gasteiger partial charge in [0.05, 0.1) is 18.7 Å². The van der Waals surface area contributed by atoms with Crippen molar-refractivity contribution < 1.29 is 24.1 Å². The van der Waals surface area contributed by atoms with E-state index < -0.39 is 6.10 Å². The number of piperazine rings is 1. The van der Waals surface area contributed by atoms with Crippen molar-refractivity contribution in [1.29, 1.82) is 0 Å². The fourth-order valence-electron chi connectivity index (χ4n) is 4.82. The van der Waals surface area contributed by atoms with Gasteiger partial charge >= 0.3 is 6.09 Å². The van der Waals surface area contributed by atoms with E-state index in [9.17, 15) is 9.90 Å². The van der Waals surface area contributed by atoms with Crippen LogP contribution in [0.3, 0.4) is 0 Å². The second-order valence-electron chi connectivity index (χ2n) is 9.47. The number of rotatable bonds is 9. The van der Waals surface area contributed by atoms with Gasteiger partial charge in [-0.05, 0) is 32.5 Å². The zero-order valence-corrected chi connectivity index (χ0v) is 20.8. The van der Waals surface area contributed by atoms with Crippen LogP contribution in [0.25, 0.3) is 11.4 Å². The van der Waals surface area contributed by atoms with Crippen molar-refractivity contribution >= 4 is 17.7 Å². The van der Waals surface area contributed by atoms with E-state index in [-0.39, 0.29) is 24.8 Å². The Hall–Kier alpha value is -3.15. The average Bonchev–Trinajstić information content (AvgIpc) is 3.54. The van der Waals surface area contributed by atoms with Gasteiger partial charge in [-0.1, -0.05) is 12.1 Å². The summed E-state index contributed by atoms with van der Waals surface area (Å²) >= 11 is 0. The van der Waals surface area contributed by atoms with Crippen LogP contribution in [-0.4, -0.2) is 104 Å². The molecule has 0 bridgehead atoms. The molecule has 0 spiro atoms. The highest BCUT2D eigenvalue weighted by molar-refractivity contribution is 5.72. The molecule has 0 saturated carbocycles. The largest absolute Gasteiger partial charge is 0.491 e. The Balaban J connectivity index is 1.44. The fraction of sp³-hybridized carbons (Fsp3) is 0.560. The Morgan fingerprint density at radius 3 is 2.97 bits per heavy atom. The van der Waals surface area contributed by atoms with Gasteiger partial charge in [-0.15, -0.1) is 0 Å². The summed E-state index contributed by atoms with van der Waals surface area (Å²) in [6.45, 7) is 6.37. The monoisotopic (exact) mass is 498 g/mol. The Labute approximate surface area is 210 Å². The molecule has 0 radical (unpaired) electrons. The van der Waals surface area contributed by atoms with Crippen molar-refractivity contribution in [2.24, 2.45) is 0 Å². The number of aliphatic hydroxyl groups is 1. The lowest BCUT2D eigenvalue weighted by atomic mass is 10.1. The van der Waals surface area contributed by atoms with E-state index in [4.69, 9.17) is 24.2 Å². The molecule has 3 N–H and O–H groups in total. The van der Waals surface area contributed by atoms with Crippen molar-refractivity contribution in [2.75, 3.05) is 69.9 Å². The third kappa shape index (κ3) is 5.32. The maximum Gasteiger partial charge on any atom is 0.410 e. The van der Waals surface area contributed by atoms with Gasteiger partial charge in [0.1, 0.15) is 36.7 Å². The van der Waals surface area contributed by atoms with Crippen LogP contribution < -0.4 is 20.3 Å². The first-order valence-electron chi connectivity index (χ1n) is 12.5. The Morgan fingerprint density at radius 1 is 1.28 bits per heavy atom. The first-order chi connectivity index (χ1) is 17.5. The number of hydrogen-bond acceptors (Lipinski definition) is 10. The summed E-state index contributed by atoms with van der Waals surface area (Å²) in [6, 6.07) is 7.82. The van der Waals surface area contributed by atoms with E-state index in [0.29, 0.717) is 51.0 Å². The number of nitrogens with one attached hydrogen (secondary N) is 2. The summed E-state index contributed by atoms with van der Waals surface area (Å²) in [4.78, 5) is 25.9. The minimum Gasteiger partial charge on any atom is -0.491 e. The highest BCUT2D eigenvalue weighted by atomic mass is 16.6. The molecule has 0 aliphatic carbocycles. The van der Waals surface area contributed by atoms with Crippen LogP contribution in [0.15, 0.2) is 24.3 Å². The predicted molar refractivity (Wildman–Crippen MR) is 135 cm³/mol. The molecule has 5 rings (SSSR count). The van der Waals surface area contributed by atoms with Crippen LogP contribution in [0.5, 0.6) is 5.75 Å². The molecule has 1 aromatic carbocycles. The van der Waals surface area contributed by atoms with Crippen LogP contribution in [0.4, 0.5) is 16.4 Å². The number of ether oxygens (including phenoxy) is 3. The van der Waals surface area contributed by atoms with Crippen molar-refractivity contribution in [3.05, 3.63) is 29.8 Å². The molecule has 11 heteroatoms. The summed E-state index contributed by atoms with van der Waals surface area (Å²) in [5, 5.41) is 16.5. The SMILES string of the molecule is CNCC(O)COc1cccc(-c2nc(NC3CCOC3)c(C)c(N3CCN4C(=O)OC[C@@H]4C3)n2)c1. The minimum atomic E-state index is -0.601. The topological polar surface area (TPSA) is 121 Å². The van der Waals surface area contributed by atoms with Gasteiger partial charge in [-0.25, -0.2) is 14.8 Å². The van der Waals surface area contributed by atoms with Gasteiger partial charge < -0.3 is 34.9 Å². The second kappa shape index (κ2) is 10.9. The molecular formula is C25H34N6O5. The molecule has 3 atom stereocenters. The summed E-state index contributed by atoms with van der Waals surface area (Å²) in [6.07, 6.45) is 0.0856. The van der Waals surface area contributed by atoms with E-state index in [1.807, 2.05) is 31.2 Å². The Morgan fingerprint density at radius 2 is 2.17 bits per heavy atom. The number of benzene rings is 1. The van der Waals surface area contributed by atoms with Gasteiger partial charge in [0.25, 0.3) is 0 Å². The van der Waals surface area contributed by atoms with Crippen LogP contribution in [0, 0.1) is 6.92 Å². The smallest absolute Gasteiger partial charge is 0.410 e. The van der Waals surface area contributed by atoms with Crippen molar-refractivity contribution in [3.63, 3.8) is 0 Å². The quantitative estimate of drug-likeness (QED) is 0.466. The van der Waals surface area contributed by atoms with E-state index in [1.54, 1.807) is 11.9 Å². The lowest BCUT2D eigenvalue weighted by Crippen LogP contribution is -2.52. The fourth-order valence-corrected chi connectivity index (χ4v) is 4.82. The number of hydrogen-bond donors (Lipinski definition) is 3. The average molecular weight is 499 g/mol. The molecule has 1 aromatic heterocycles. The van der Waals surface area contributed by atoms with Gasteiger partial charge in [0.15, 0.2) is 5.82 Å². The van der Waals surface area contributed by atoms with Crippen LogP contribution in [0.1, 0.15) is 12.0 Å². The number of carbonyl (C=O) groups excluding carboxylic acids is 1. The number of nitrogens with zero attached hydrogens (tertiary/aromatic N) is 4. The number of likely N-dealkylation sites (N-methyl/N-ethyl adjacent to an activating group) is 1. The lowest BCUT2D eigenvalue weighted by molar-refractivity contribution is 0.108. The van der Waals surface area contributed by atoms with E-state index in [2.05, 4.69) is 15.5 Å². The lowest BCUT2D eigenvalue weighted by Gasteiger charge is -2.37. The van der Waals surface area contributed by atoms with Crippen molar-refractivity contribution in [3.8, 4) is 17.1 Å². The molecule has 3 fully saturated rings. The summed E-state index contributed by atoms with van der Waals surface area (Å²) in [7, 11) is 1.79. The van der Waals surface area contributed by atoms with Crippen LogP contribution in [0.2, 0.25) is 0 Å². The van der Waals surface area contributed by atoms with E-state index in [1.165, 1.54) is 0 Å². The number of aromatic nitrogens is 2. The number of carbonyl (C=O) groups is 1. The number of fused-ring (bicyclic) bond motifs is 1. The molecular weight excluding hydrogens is 464 g/mol. The Kier molecular flexibility index (Phi) is 7.40. The number of anilines is 2. The van der Waals surface area contributed by atoms with Gasteiger partial charge in [0, 0.05) is 43.9 Å². The molecule has 11 nitrogen and oxygen atoms in total. The van der Waals surface area contributed by atoms with E-state index >= 15 is 0 Å². The van der Waals surface area contributed by atoms with Crippen molar-refractivity contribution in [2.45, 2.75) is 31.5 Å². The summed E-state index contributed by atoms with van der Waals surface area (Å²) in [5.74, 6) is 2.85. The van der Waals surface area contributed by atoms with Gasteiger partial charge in [-0.2, -0.15) is 0 Å². The number of cyclic esters (lactones) is 1. The third-order valence-electron chi connectivity index (χ3n) is 6.78.